The van der Waals surface area contributed by atoms with Gasteiger partial charge < -0.3 is 23.5 Å². The first-order chi connectivity index (χ1) is 15.6. The number of hydrogen-bond donors (Lipinski definition) is 0. The third-order valence-electron chi connectivity index (χ3n) is 6.86. The van der Waals surface area contributed by atoms with Crippen molar-refractivity contribution in [3.8, 4) is 0 Å². The average molecular weight is 454 g/mol. The third kappa shape index (κ3) is 4.15. The molecule has 0 spiro atoms. The topological polar surface area (TPSA) is 87.2 Å². The zero-order chi connectivity index (χ0) is 24.0. The van der Waals surface area contributed by atoms with E-state index < -0.39 is 5.63 Å². The van der Waals surface area contributed by atoms with Gasteiger partial charge in [-0.05, 0) is 57.5 Å². The van der Waals surface area contributed by atoms with Crippen molar-refractivity contribution in [3.05, 3.63) is 44.5 Å². The molecule has 3 heterocycles. The second-order valence-electron chi connectivity index (χ2n) is 9.16. The maximum Gasteiger partial charge on any atom is 0.340 e. The van der Waals surface area contributed by atoms with Crippen molar-refractivity contribution in [1.82, 2.24) is 14.7 Å². The number of amides is 2. The molecule has 2 amide bonds. The van der Waals surface area contributed by atoms with Crippen LogP contribution in [0.1, 0.15) is 28.0 Å². The molecule has 2 aromatic heterocycles. The molecule has 0 atom stereocenters. The number of rotatable bonds is 4. The molecule has 0 bridgehead atoms. The Bertz CT molecular complexity index is 1310. The monoisotopic (exact) mass is 453 g/mol. The number of carbonyl (C=O) groups excluding carboxylic acids is 2. The van der Waals surface area contributed by atoms with E-state index in [4.69, 9.17) is 8.83 Å². The second kappa shape index (κ2) is 8.67. The van der Waals surface area contributed by atoms with E-state index in [0.717, 1.165) is 35.4 Å². The predicted octanol–water partition coefficient (Wildman–Crippen LogP) is 2.55. The van der Waals surface area contributed by atoms with Crippen molar-refractivity contribution in [2.45, 2.75) is 34.1 Å². The minimum Gasteiger partial charge on any atom is -0.460 e. The van der Waals surface area contributed by atoms with E-state index in [2.05, 4.69) is 4.90 Å². The Morgan fingerprint density at radius 2 is 1.67 bits per heavy atom. The van der Waals surface area contributed by atoms with Crippen LogP contribution in [0.3, 0.4) is 0 Å². The molecular weight excluding hydrogens is 422 g/mol. The summed E-state index contributed by atoms with van der Waals surface area (Å²) in [7, 11) is 3.62. The molecule has 8 heteroatoms. The molecule has 0 aliphatic carbocycles. The summed E-state index contributed by atoms with van der Waals surface area (Å²) in [5.41, 5.74) is 3.58. The molecule has 176 valence electrons. The predicted molar refractivity (Wildman–Crippen MR) is 127 cm³/mol. The summed E-state index contributed by atoms with van der Waals surface area (Å²) < 4.78 is 11.6. The fraction of sp³-hybridized carbons (Fsp3) is 0.480. The Morgan fingerprint density at radius 3 is 2.33 bits per heavy atom. The number of nitrogens with zero attached hydrogens (tertiary/aromatic N) is 3. The number of piperazine rings is 1. The number of hydrogen-bond acceptors (Lipinski definition) is 6. The minimum atomic E-state index is -0.536. The van der Waals surface area contributed by atoms with Gasteiger partial charge in [-0.15, -0.1) is 0 Å². The second-order valence-corrected chi connectivity index (χ2v) is 9.16. The van der Waals surface area contributed by atoms with Crippen LogP contribution >= 0.6 is 0 Å². The van der Waals surface area contributed by atoms with Gasteiger partial charge >= 0.3 is 5.63 Å². The summed E-state index contributed by atoms with van der Waals surface area (Å²) >= 11 is 0. The van der Waals surface area contributed by atoms with Crippen LogP contribution in [-0.2, 0) is 16.0 Å². The van der Waals surface area contributed by atoms with E-state index in [9.17, 15) is 14.4 Å². The molecule has 3 aromatic rings. The third-order valence-corrected chi connectivity index (χ3v) is 6.86. The minimum absolute atomic E-state index is 0.0134. The van der Waals surface area contributed by atoms with E-state index in [1.54, 1.807) is 11.9 Å². The van der Waals surface area contributed by atoms with Gasteiger partial charge in [-0.1, -0.05) is 0 Å². The van der Waals surface area contributed by atoms with Crippen molar-refractivity contribution in [2.75, 3.05) is 46.8 Å². The Balaban J connectivity index is 1.61. The Kier molecular flexibility index (Phi) is 6.05. The summed E-state index contributed by atoms with van der Waals surface area (Å²) in [6, 6.07) is 1.85. The molecule has 1 aromatic carbocycles. The first kappa shape index (κ1) is 23.0. The maximum absolute atomic E-state index is 12.9. The Hall–Kier alpha value is -3.13. The number of likely N-dealkylation sites (N-methyl/N-ethyl adjacent to an activating group) is 2. The lowest BCUT2D eigenvalue weighted by molar-refractivity contribution is -0.140. The number of aryl methyl sites for hydroxylation is 4. The van der Waals surface area contributed by atoms with Gasteiger partial charge in [0.1, 0.15) is 16.9 Å². The SMILES string of the molecule is Cc1oc2c(c(C)cc3oc(=O)c(CC(=O)N(C)CC(=O)N4CCN(C)CC4)c(C)c32)c1C. The van der Waals surface area contributed by atoms with E-state index >= 15 is 0 Å². The van der Waals surface area contributed by atoms with Crippen molar-refractivity contribution in [1.29, 1.82) is 0 Å². The molecule has 0 N–H and O–H groups in total. The van der Waals surface area contributed by atoms with Gasteiger partial charge in [0.2, 0.25) is 11.8 Å². The molecule has 1 fully saturated rings. The lowest BCUT2D eigenvalue weighted by atomic mass is 9.98. The summed E-state index contributed by atoms with van der Waals surface area (Å²) in [6.07, 6.45) is -0.134. The van der Waals surface area contributed by atoms with Gasteiger partial charge in [0.25, 0.3) is 0 Å². The van der Waals surface area contributed by atoms with Crippen LogP contribution in [0.25, 0.3) is 21.9 Å². The van der Waals surface area contributed by atoms with Crippen LogP contribution in [0.5, 0.6) is 0 Å². The molecule has 0 saturated carbocycles. The smallest absolute Gasteiger partial charge is 0.340 e. The quantitative estimate of drug-likeness (QED) is 0.565. The normalized spacial score (nSPS) is 14.9. The van der Waals surface area contributed by atoms with Crippen LogP contribution in [0, 0.1) is 27.7 Å². The molecular formula is C25H31N3O5. The Labute approximate surface area is 192 Å². The first-order valence-corrected chi connectivity index (χ1v) is 11.2. The van der Waals surface area contributed by atoms with Crippen LogP contribution in [0.4, 0.5) is 0 Å². The highest BCUT2D eigenvalue weighted by Crippen LogP contribution is 2.36. The number of fused-ring (bicyclic) bond motifs is 3. The van der Waals surface area contributed by atoms with Crippen LogP contribution in [0.2, 0.25) is 0 Å². The maximum atomic E-state index is 12.9. The lowest BCUT2D eigenvalue weighted by Crippen LogP contribution is -2.50. The zero-order valence-electron chi connectivity index (χ0n) is 20.2. The van der Waals surface area contributed by atoms with Crippen LogP contribution in [-0.4, -0.2) is 73.3 Å². The summed E-state index contributed by atoms with van der Waals surface area (Å²) in [5.74, 6) is 0.424. The van der Waals surface area contributed by atoms with Crippen molar-refractivity contribution in [3.63, 3.8) is 0 Å². The van der Waals surface area contributed by atoms with E-state index in [0.29, 0.717) is 40.8 Å². The fourth-order valence-corrected chi connectivity index (χ4v) is 4.57. The molecule has 33 heavy (non-hydrogen) atoms. The molecule has 1 aliphatic rings. The zero-order valence-corrected chi connectivity index (χ0v) is 20.2. The van der Waals surface area contributed by atoms with Crippen LogP contribution in [0.15, 0.2) is 19.7 Å². The van der Waals surface area contributed by atoms with Gasteiger partial charge in [0.05, 0.1) is 23.9 Å². The van der Waals surface area contributed by atoms with Crippen molar-refractivity contribution in [2.24, 2.45) is 0 Å². The largest absolute Gasteiger partial charge is 0.460 e. The summed E-state index contributed by atoms with van der Waals surface area (Å²) in [5, 5.41) is 1.72. The van der Waals surface area contributed by atoms with Gasteiger partial charge in [0, 0.05) is 38.6 Å². The highest BCUT2D eigenvalue weighted by atomic mass is 16.4. The van der Waals surface area contributed by atoms with Gasteiger partial charge in [-0.2, -0.15) is 0 Å². The first-order valence-electron chi connectivity index (χ1n) is 11.2. The van der Waals surface area contributed by atoms with Gasteiger partial charge in [-0.25, -0.2) is 4.79 Å². The molecule has 0 unspecified atom stereocenters. The summed E-state index contributed by atoms with van der Waals surface area (Å²) in [4.78, 5) is 43.7. The summed E-state index contributed by atoms with van der Waals surface area (Å²) in [6.45, 7) is 10.6. The van der Waals surface area contributed by atoms with Gasteiger partial charge in [-0.3, -0.25) is 9.59 Å². The highest BCUT2D eigenvalue weighted by Gasteiger charge is 2.25. The number of furan rings is 1. The molecule has 4 rings (SSSR count). The highest BCUT2D eigenvalue weighted by molar-refractivity contribution is 6.07. The molecule has 0 radical (unpaired) electrons. The average Bonchev–Trinajstić information content (AvgIpc) is 3.05. The fourth-order valence-electron chi connectivity index (χ4n) is 4.57. The lowest BCUT2D eigenvalue weighted by Gasteiger charge is -2.33. The standard InChI is InChI=1S/C25H31N3O5/c1-14-11-19-23(24-22(14)15(2)17(4)32-24)16(3)18(25(31)33-19)12-20(29)27(6)13-21(30)28-9-7-26(5)8-10-28/h11H,7-10,12-13H2,1-6H3. The van der Waals surface area contributed by atoms with E-state index in [1.165, 1.54) is 4.90 Å². The molecule has 1 saturated heterocycles. The molecule has 1 aliphatic heterocycles. The number of carbonyl (C=O) groups is 2. The molecule has 8 nitrogen and oxygen atoms in total. The van der Waals surface area contributed by atoms with E-state index in [-0.39, 0.29) is 24.8 Å². The van der Waals surface area contributed by atoms with Crippen LogP contribution < -0.4 is 5.63 Å². The number of benzene rings is 1. The van der Waals surface area contributed by atoms with E-state index in [1.807, 2.05) is 40.8 Å². The van der Waals surface area contributed by atoms with Crippen molar-refractivity contribution >= 4 is 33.8 Å². The van der Waals surface area contributed by atoms with Gasteiger partial charge in [0.15, 0.2) is 0 Å². The van der Waals surface area contributed by atoms with Crippen molar-refractivity contribution < 1.29 is 18.4 Å². The Morgan fingerprint density at radius 1 is 1.00 bits per heavy atom.